The summed E-state index contributed by atoms with van der Waals surface area (Å²) in [5.74, 6) is 1.65. The molecule has 2 aromatic rings. The molecule has 0 aromatic carbocycles. The monoisotopic (exact) mass is 371 g/mol. The first-order valence-electron chi connectivity index (χ1n) is 9.82. The van der Waals surface area contributed by atoms with Gasteiger partial charge in [-0.15, -0.1) is 10.2 Å². The van der Waals surface area contributed by atoms with Crippen molar-refractivity contribution in [1.82, 2.24) is 35.3 Å². The van der Waals surface area contributed by atoms with E-state index >= 15 is 0 Å². The second-order valence-electron chi connectivity index (χ2n) is 7.86. The number of fused-ring (bicyclic) bond motifs is 6. The Morgan fingerprint density at radius 2 is 2.07 bits per heavy atom. The highest BCUT2D eigenvalue weighted by atomic mass is 19.1. The summed E-state index contributed by atoms with van der Waals surface area (Å²) in [7, 11) is 0. The molecule has 2 fully saturated rings. The predicted molar refractivity (Wildman–Crippen MR) is 95.4 cm³/mol. The zero-order valence-corrected chi connectivity index (χ0v) is 14.9. The van der Waals surface area contributed by atoms with E-state index in [2.05, 4.69) is 31.1 Å². The molecule has 10 heteroatoms. The number of hydrazone groups is 1. The van der Waals surface area contributed by atoms with Gasteiger partial charge in [-0.1, -0.05) is 18.1 Å². The van der Waals surface area contributed by atoms with E-state index in [0.29, 0.717) is 5.96 Å². The SMILES string of the molecule is Fc1ncc2n1C1CCCCC1C1NN=C(n3cc(C4CCCN4)nn3)N21. The van der Waals surface area contributed by atoms with Gasteiger partial charge in [0.15, 0.2) is 0 Å². The third-order valence-electron chi connectivity index (χ3n) is 6.42. The summed E-state index contributed by atoms with van der Waals surface area (Å²) in [5, 5.41) is 16.6. The summed E-state index contributed by atoms with van der Waals surface area (Å²) in [6, 6.07) is 0.380. The van der Waals surface area contributed by atoms with Crippen LogP contribution in [0.3, 0.4) is 0 Å². The third-order valence-corrected chi connectivity index (χ3v) is 6.42. The van der Waals surface area contributed by atoms with Gasteiger partial charge in [0.1, 0.15) is 17.7 Å². The van der Waals surface area contributed by atoms with Crippen molar-refractivity contribution >= 4 is 11.8 Å². The number of hydrogen-bond acceptors (Lipinski definition) is 7. The highest BCUT2D eigenvalue weighted by Gasteiger charge is 2.48. The first-order chi connectivity index (χ1) is 13.3. The van der Waals surface area contributed by atoms with Gasteiger partial charge in [0.25, 0.3) is 12.0 Å². The molecule has 4 atom stereocenters. The summed E-state index contributed by atoms with van der Waals surface area (Å²) in [6.07, 6.45) is 9.65. The van der Waals surface area contributed by atoms with Crippen LogP contribution in [0.1, 0.15) is 56.3 Å². The topological polar surface area (TPSA) is 88.2 Å². The van der Waals surface area contributed by atoms with Gasteiger partial charge in [-0.3, -0.25) is 14.9 Å². The molecule has 0 spiro atoms. The average molecular weight is 371 g/mol. The van der Waals surface area contributed by atoms with Crippen molar-refractivity contribution in [3.63, 3.8) is 0 Å². The van der Waals surface area contributed by atoms with Crippen LogP contribution in [0, 0.1) is 12.0 Å². The smallest absolute Gasteiger partial charge is 0.291 e. The van der Waals surface area contributed by atoms with Crippen molar-refractivity contribution in [2.45, 2.75) is 56.8 Å². The number of anilines is 1. The van der Waals surface area contributed by atoms with Gasteiger partial charge in [-0.25, -0.2) is 4.98 Å². The van der Waals surface area contributed by atoms with Gasteiger partial charge in [-0.05, 0) is 32.2 Å². The van der Waals surface area contributed by atoms with Crippen LogP contribution < -0.4 is 15.6 Å². The van der Waals surface area contributed by atoms with Gasteiger partial charge < -0.3 is 5.32 Å². The molecule has 1 saturated carbocycles. The lowest BCUT2D eigenvalue weighted by atomic mass is 9.80. The number of hydrogen-bond donors (Lipinski definition) is 2. The van der Waals surface area contributed by atoms with Crippen LogP contribution in [0.2, 0.25) is 0 Å². The van der Waals surface area contributed by atoms with E-state index in [9.17, 15) is 4.39 Å². The van der Waals surface area contributed by atoms with Crippen molar-refractivity contribution in [2.24, 2.45) is 11.0 Å². The maximum Gasteiger partial charge on any atom is 0.291 e. The number of rotatable bonds is 1. The first kappa shape index (κ1) is 15.6. The number of halogens is 1. The molecular weight excluding hydrogens is 349 g/mol. The zero-order chi connectivity index (χ0) is 18.0. The molecule has 142 valence electrons. The maximum absolute atomic E-state index is 14.5. The Morgan fingerprint density at radius 1 is 1.15 bits per heavy atom. The minimum absolute atomic E-state index is 0.00570. The van der Waals surface area contributed by atoms with E-state index in [0.717, 1.165) is 56.6 Å². The fraction of sp³-hybridized carbons (Fsp3) is 0.647. The van der Waals surface area contributed by atoms with Crippen molar-refractivity contribution in [3.8, 4) is 0 Å². The normalized spacial score (nSPS) is 31.9. The lowest BCUT2D eigenvalue weighted by molar-refractivity contribution is 0.161. The molecule has 9 nitrogen and oxygen atoms in total. The second-order valence-corrected chi connectivity index (χ2v) is 7.86. The fourth-order valence-corrected chi connectivity index (χ4v) is 5.17. The molecule has 0 amide bonds. The molecule has 6 rings (SSSR count). The number of imidazole rings is 1. The van der Waals surface area contributed by atoms with Crippen LogP contribution in [0.15, 0.2) is 17.5 Å². The van der Waals surface area contributed by atoms with E-state index in [1.54, 1.807) is 15.4 Å². The van der Waals surface area contributed by atoms with Crippen molar-refractivity contribution < 1.29 is 4.39 Å². The summed E-state index contributed by atoms with van der Waals surface area (Å²) >= 11 is 0. The quantitative estimate of drug-likeness (QED) is 0.787. The lowest BCUT2D eigenvalue weighted by Gasteiger charge is -2.45. The van der Waals surface area contributed by atoms with Crippen LogP contribution in [0.4, 0.5) is 10.2 Å². The van der Waals surface area contributed by atoms with Crippen LogP contribution in [-0.2, 0) is 0 Å². The third kappa shape index (κ3) is 2.19. The molecule has 4 unspecified atom stereocenters. The van der Waals surface area contributed by atoms with Crippen molar-refractivity contribution in [1.29, 1.82) is 0 Å². The van der Waals surface area contributed by atoms with Crippen molar-refractivity contribution in [3.05, 3.63) is 24.2 Å². The van der Waals surface area contributed by atoms with Crippen LogP contribution in [-0.4, -0.2) is 43.2 Å². The van der Waals surface area contributed by atoms with E-state index in [4.69, 9.17) is 0 Å². The Hall–Kier alpha value is -2.49. The van der Waals surface area contributed by atoms with E-state index in [1.165, 1.54) is 0 Å². The lowest BCUT2D eigenvalue weighted by Crippen LogP contribution is -2.55. The largest absolute Gasteiger partial charge is 0.309 e. The fourth-order valence-electron chi connectivity index (χ4n) is 5.17. The molecule has 27 heavy (non-hydrogen) atoms. The summed E-state index contributed by atoms with van der Waals surface area (Å²) < 4.78 is 18.0. The molecule has 1 aliphatic carbocycles. The molecule has 3 aliphatic heterocycles. The Bertz CT molecular complexity index is 896. The van der Waals surface area contributed by atoms with E-state index < -0.39 is 6.08 Å². The van der Waals surface area contributed by atoms with Gasteiger partial charge in [0.05, 0.1) is 18.4 Å². The summed E-state index contributed by atoms with van der Waals surface area (Å²) in [5.41, 5.74) is 4.20. The number of aromatic nitrogens is 5. The molecule has 2 N–H and O–H groups in total. The minimum Gasteiger partial charge on any atom is -0.309 e. The van der Waals surface area contributed by atoms with Gasteiger partial charge in [-0.2, -0.15) is 9.07 Å². The highest BCUT2D eigenvalue weighted by molar-refractivity contribution is 5.98. The van der Waals surface area contributed by atoms with Gasteiger partial charge in [0.2, 0.25) is 0 Å². The Kier molecular flexibility index (Phi) is 3.31. The number of nitrogens with one attached hydrogen (secondary N) is 2. The molecule has 4 aliphatic rings. The molecule has 2 aromatic heterocycles. The van der Waals surface area contributed by atoms with Crippen molar-refractivity contribution in [2.75, 3.05) is 11.4 Å². The van der Waals surface area contributed by atoms with E-state index in [-0.39, 0.29) is 24.2 Å². The average Bonchev–Trinajstić information content (AvgIpc) is 3.46. The van der Waals surface area contributed by atoms with Crippen LogP contribution >= 0.6 is 0 Å². The van der Waals surface area contributed by atoms with Gasteiger partial charge in [0, 0.05) is 12.0 Å². The molecular formula is C17H22FN9. The predicted octanol–water partition coefficient (Wildman–Crippen LogP) is 1.34. The maximum atomic E-state index is 14.5. The molecule has 0 radical (unpaired) electrons. The molecule has 5 heterocycles. The number of nitrogens with zero attached hydrogens (tertiary/aromatic N) is 7. The zero-order valence-electron chi connectivity index (χ0n) is 14.9. The Balaban J connectivity index is 1.39. The summed E-state index contributed by atoms with van der Waals surface area (Å²) in [4.78, 5) is 5.99. The van der Waals surface area contributed by atoms with Crippen LogP contribution in [0.25, 0.3) is 0 Å². The summed E-state index contributed by atoms with van der Waals surface area (Å²) in [6.45, 7) is 1.01. The standard InChI is InChI=1S/C17H22FN9/c18-16-20-8-14-26(16)13-6-2-1-4-10(13)15-22-23-17(27(14)15)25-9-12(21-24-25)11-5-3-7-19-11/h8-11,13,15,19,22H,1-7H2. The minimum atomic E-state index is -0.416. The highest BCUT2D eigenvalue weighted by Crippen LogP contribution is 2.45. The Morgan fingerprint density at radius 3 is 2.96 bits per heavy atom. The first-order valence-corrected chi connectivity index (χ1v) is 9.82. The molecule has 1 saturated heterocycles. The molecule has 0 bridgehead atoms. The van der Waals surface area contributed by atoms with Gasteiger partial charge >= 0.3 is 0 Å². The Labute approximate surface area is 155 Å². The second kappa shape index (κ2) is 5.75. The van der Waals surface area contributed by atoms with E-state index in [1.807, 2.05) is 11.1 Å². The van der Waals surface area contributed by atoms with Crippen LogP contribution in [0.5, 0.6) is 0 Å².